The van der Waals surface area contributed by atoms with Crippen LogP contribution in [0.25, 0.3) is 11.1 Å². The summed E-state index contributed by atoms with van der Waals surface area (Å²) in [5.41, 5.74) is 4.78. The Balaban J connectivity index is 1.44. The predicted octanol–water partition coefficient (Wildman–Crippen LogP) is 5.12. The summed E-state index contributed by atoms with van der Waals surface area (Å²) in [6, 6.07) is 18.8. The van der Waals surface area contributed by atoms with E-state index in [1.807, 2.05) is 48.5 Å². The van der Waals surface area contributed by atoms with E-state index in [0.29, 0.717) is 10.0 Å². The normalized spacial score (nSPS) is 13.2. The van der Waals surface area contributed by atoms with Crippen LogP contribution < -0.4 is 5.32 Å². The number of nitrogens with one attached hydrogen (secondary N) is 1. The minimum absolute atomic E-state index is 0.0735. The Morgan fingerprint density at radius 3 is 2.23 bits per heavy atom. The van der Waals surface area contributed by atoms with E-state index in [1.165, 1.54) is 12.1 Å². The number of ether oxygens (including phenoxy) is 1. The first-order valence-corrected chi connectivity index (χ1v) is 10.5. The lowest BCUT2D eigenvalue weighted by molar-refractivity contribution is -0.139. The van der Waals surface area contributed by atoms with Gasteiger partial charge >= 0.3 is 12.1 Å². The number of carboxylic acids is 1. The van der Waals surface area contributed by atoms with E-state index in [4.69, 9.17) is 4.74 Å². The molecule has 0 spiro atoms. The fourth-order valence-electron chi connectivity index (χ4n) is 3.95. The number of alkyl carbamates (subject to hydrolysis) is 1. The summed E-state index contributed by atoms with van der Waals surface area (Å²) in [6.07, 6.45) is -0.902. The molecule has 5 nitrogen and oxygen atoms in total. The topological polar surface area (TPSA) is 75.6 Å². The van der Waals surface area contributed by atoms with Gasteiger partial charge in [0, 0.05) is 16.8 Å². The molecular formula is C24H19BrFNO4. The van der Waals surface area contributed by atoms with Crippen molar-refractivity contribution in [3.05, 3.63) is 93.7 Å². The molecule has 0 unspecified atom stereocenters. The number of halogens is 2. The highest BCUT2D eigenvalue weighted by Crippen LogP contribution is 2.44. The highest BCUT2D eigenvalue weighted by Gasteiger charge is 2.29. The van der Waals surface area contributed by atoms with E-state index >= 15 is 0 Å². The molecule has 158 valence electrons. The van der Waals surface area contributed by atoms with Crippen molar-refractivity contribution in [2.24, 2.45) is 0 Å². The van der Waals surface area contributed by atoms with Crippen LogP contribution in [-0.4, -0.2) is 29.8 Å². The van der Waals surface area contributed by atoms with Crippen LogP contribution in [0.3, 0.4) is 0 Å². The molecule has 1 atom stereocenters. The van der Waals surface area contributed by atoms with Gasteiger partial charge in [-0.25, -0.2) is 14.0 Å². The first kappa shape index (κ1) is 21.1. The average molecular weight is 484 g/mol. The SMILES string of the molecule is O=C(N[C@@H](Cc1cc(F)cc(Br)c1)C(=O)O)OCC1c2ccccc2-c2ccccc21. The monoisotopic (exact) mass is 483 g/mol. The number of carbonyl (C=O) groups excluding carboxylic acids is 1. The molecule has 4 rings (SSSR count). The second-order valence-corrected chi connectivity index (χ2v) is 8.26. The lowest BCUT2D eigenvalue weighted by Gasteiger charge is -2.17. The van der Waals surface area contributed by atoms with Gasteiger partial charge in [0.2, 0.25) is 0 Å². The second-order valence-electron chi connectivity index (χ2n) is 7.34. The largest absolute Gasteiger partial charge is 0.480 e. The van der Waals surface area contributed by atoms with E-state index in [-0.39, 0.29) is 18.9 Å². The molecule has 0 heterocycles. The third-order valence-corrected chi connectivity index (χ3v) is 5.75. The van der Waals surface area contributed by atoms with Crippen LogP contribution in [-0.2, 0) is 16.0 Å². The van der Waals surface area contributed by atoms with Crippen molar-refractivity contribution in [3.63, 3.8) is 0 Å². The minimum atomic E-state index is -1.25. The Morgan fingerprint density at radius 2 is 1.65 bits per heavy atom. The van der Waals surface area contributed by atoms with E-state index in [9.17, 15) is 19.1 Å². The predicted molar refractivity (Wildman–Crippen MR) is 117 cm³/mol. The van der Waals surface area contributed by atoms with E-state index in [0.717, 1.165) is 22.3 Å². The lowest BCUT2D eigenvalue weighted by Crippen LogP contribution is -2.42. The van der Waals surface area contributed by atoms with Crippen LogP contribution in [0.15, 0.2) is 71.2 Å². The molecule has 0 radical (unpaired) electrons. The third kappa shape index (κ3) is 4.61. The van der Waals surface area contributed by atoms with Crippen LogP contribution in [0.4, 0.5) is 9.18 Å². The van der Waals surface area contributed by atoms with Crippen LogP contribution in [0.1, 0.15) is 22.6 Å². The minimum Gasteiger partial charge on any atom is -0.480 e. The molecule has 1 aliphatic carbocycles. The number of hydrogen-bond acceptors (Lipinski definition) is 3. The highest BCUT2D eigenvalue weighted by molar-refractivity contribution is 9.10. The molecule has 0 saturated heterocycles. The van der Waals surface area contributed by atoms with Crippen LogP contribution in [0.2, 0.25) is 0 Å². The summed E-state index contributed by atoms with van der Waals surface area (Å²) in [7, 11) is 0. The summed E-state index contributed by atoms with van der Waals surface area (Å²) in [4.78, 5) is 24.0. The van der Waals surface area contributed by atoms with Crippen LogP contribution >= 0.6 is 15.9 Å². The van der Waals surface area contributed by atoms with Crippen molar-refractivity contribution < 1.29 is 23.8 Å². The Morgan fingerprint density at radius 1 is 1.03 bits per heavy atom. The number of fused-ring (bicyclic) bond motifs is 3. The molecule has 1 amide bonds. The van der Waals surface area contributed by atoms with Gasteiger partial charge in [0.05, 0.1) is 0 Å². The molecule has 0 bridgehead atoms. The molecular weight excluding hydrogens is 465 g/mol. The number of hydrogen-bond donors (Lipinski definition) is 2. The molecule has 3 aromatic carbocycles. The van der Waals surface area contributed by atoms with Gasteiger partial charge in [-0.1, -0.05) is 64.5 Å². The molecule has 2 N–H and O–H groups in total. The number of carbonyl (C=O) groups is 2. The summed E-state index contributed by atoms with van der Waals surface area (Å²) in [5.74, 6) is -1.84. The van der Waals surface area contributed by atoms with E-state index < -0.39 is 23.9 Å². The maximum absolute atomic E-state index is 13.6. The standard InChI is InChI=1S/C24H19BrFNO4/c25-15-9-14(10-16(26)12-15)11-22(23(28)29)27-24(30)31-13-21-19-7-3-1-5-17(19)18-6-2-4-8-20(18)21/h1-10,12,21-22H,11,13H2,(H,27,30)(H,28,29)/t22-/m0/s1. The molecule has 0 aliphatic heterocycles. The zero-order valence-corrected chi connectivity index (χ0v) is 17.9. The number of rotatable bonds is 6. The molecule has 31 heavy (non-hydrogen) atoms. The van der Waals surface area contributed by atoms with Crippen LogP contribution in [0, 0.1) is 5.82 Å². The van der Waals surface area contributed by atoms with Crippen molar-refractivity contribution in [3.8, 4) is 11.1 Å². The summed E-state index contributed by atoms with van der Waals surface area (Å²) < 4.78 is 19.5. The summed E-state index contributed by atoms with van der Waals surface area (Å²) >= 11 is 3.18. The van der Waals surface area contributed by atoms with Crippen molar-refractivity contribution >= 4 is 28.0 Å². The molecule has 3 aromatic rings. The molecule has 0 aromatic heterocycles. The molecule has 0 fully saturated rings. The highest BCUT2D eigenvalue weighted by atomic mass is 79.9. The van der Waals surface area contributed by atoms with Gasteiger partial charge in [-0.3, -0.25) is 0 Å². The van der Waals surface area contributed by atoms with Crippen molar-refractivity contribution in [2.45, 2.75) is 18.4 Å². The molecule has 7 heteroatoms. The smallest absolute Gasteiger partial charge is 0.407 e. The Labute approximate surface area is 187 Å². The fourth-order valence-corrected chi connectivity index (χ4v) is 4.46. The quantitative estimate of drug-likeness (QED) is 0.509. The zero-order chi connectivity index (χ0) is 22.0. The van der Waals surface area contributed by atoms with E-state index in [2.05, 4.69) is 21.2 Å². The number of benzene rings is 3. The number of amides is 1. The van der Waals surface area contributed by atoms with Crippen molar-refractivity contribution in [1.82, 2.24) is 5.32 Å². The first-order chi connectivity index (χ1) is 14.9. The Hall–Kier alpha value is -3.19. The zero-order valence-electron chi connectivity index (χ0n) is 16.3. The van der Waals surface area contributed by atoms with Gasteiger partial charge in [-0.15, -0.1) is 0 Å². The molecule has 0 saturated carbocycles. The Kier molecular flexibility index (Phi) is 6.04. The lowest BCUT2D eigenvalue weighted by atomic mass is 9.98. The van der Waals surface area contributed by atoms with Crippen LogP contribution in [0.5, 0.6) is 0 Å². The van der Waals surface area contributed by atoms with Gasteiger partial charge < -0.3 is 15.2 Å². The number of aliphatic carboxylic acids is 1. The third-order valence-electron chi connectivity index (χ3n) is 5.30. The van der Waals surface area contributed by atoms with E-state index in [1.54, 1.807) is 6.07 Å². The molecule has 1 aliphatic rings. The van der Waals surface area contributed by atoms with Gasteiger partial charge in [0.1, 0.15) is 18.5 Å². The summed E-state index contributed by atoms with van der Waals surface area (Å²) in [6.45, 7) is 0.0811. The Bertz CT molecular complexity index is 1080. The van der Waals surface area contributed by atoms with Gasteiger partial charge in [0.15, 0.2) is 0 Å². The fraction of sp³-hybridized carbons (Fsp3) is 0.167. The van der Waals surface area contributed by atoms with Gasteiger partial charge in [-0.05, 0) is 46.0 Å². The summed E-state index contributed by atoms with van der Waals surface area (Å²) in [5, 5.41) is 11.9. The number of carboxylic acid groups (broad SMARTS) is 1. The first-order valence-electron chi connectivity index (χ1n) is 9.71. The maximum atomic E-state index is 13.6. The van der Waals surface area contributed by atoms with Crippen molar-refractivity contribution in [2.75, 3.05) is 6.61 Å². The van der Waals surface area contributed by atoms with Gasteiger partial charge in [0.25, 0.3) is 0 Å². The van der Waals surface area contributed by atoms with Crippen molar-refractivity contribution in [1.29, 1.82) is 0 Å². The maximum Gasteiger partial charge on any atom is 0.407 e. The average Bonchev–Trinajstić information content (AvgIpc) is 3.05. The van der Waals surface area contributed by atoms with Gasteiger partial charge in [-0.2, -0.15) is 0 Å². The second kappa shape index (κ2) is 8.89.